The Morgan fingerprint density at radius 2 is 2.19 bits per heavy atom. The summed E-state index contributed by atoms with van der Waals surface area (Å²) in [4.78, 5) is 18.1. The topological polar surface area (TPSA) is 32.7 Å². The van der Waals surface area contributed by atoms with Crippen LogP contribution in [0.5, 0.6) is 0 Å². The molecular weight excluding hydrogens is 200 g/mol. The van der Waals surface area contributed by atoms with Crippen LogP contribution >= 0.6 is 0 Å². The Kier molecular flexibility index (Phi) is 2.06. The molecule has 2 heterocycles. The van der Waals surface area contributed by atoms with Crippen LogP contribution in [0.25, 0.3) is 0 Å². The van der Waals surface area contributed by atoms with Crippen molar-refractivity contribution in [3.05, 3.63) is 35.4 Å². The molecule has 1 saturated heterocycles. The number of nitrogens with zero attached hydrogens (tertiary/aromatic N) is 2. The molecule has 1 amide bonds. The highest BCUT2D eigenvalue weighted by molar-refractivity contribution is 6.09. The van der Waals surface area contributed by atoms with Gasteiger partial charge < -0.3 is 4.90 Å². The molecule has 1 fully saturated rings. The zero-order chi connectivity index (χ0) is 11.1. The normalized spacial score (nSPS) is 25.8. The van der Waals surface area contributed by atoms with Gasteiger partial charge in [0.15, 0.2) is 0 Å². The van der Waals surface area contributed by atoms with Crippen molar-refractivity contribution in [2.24, 2.45) is 4.99 Å². The van der Waals surface area contributed by atoms with Gasteiger partial charge >= 0.3 is 0 Å². The lowest BCUT2D eigenvalue weighted by Crippen LogP contribution is -2.42. The van der Waals surface area contributed by atoms with E-state index < -0.39 is 0 Å². The van der Waals surface area contributed by atoms with E-state index in [0.29, 0.717) is 6.42 Å². The molecular formula is C13H14N2O. The summed E-state index contributed by atoms with van der Waals surface area (Å²) in [6, 6.07) is 8.47. The van der Waals surface area contributed by atoms with Crippen LogP contribution < -0.4 is 0 Å². The Hall–Kier alpha value is -1.64. The van der Waals surface area contributed by atoms with E-state index >= 15 is 0 Å². The van der Waals surface area contributed by atoms with Crippen LogP contribution in [0, 0.1) is 0 Å². The van der Waals surface area contributed by atoms with Crippen LogP contribution in [0.4, 0.5) is 0 Å². The zero-order valence-electron chi connectivity index (χ0n) is 9.31. The fourth-order valence-corrected chi connectivity index (χ4v) is 2.76. The van der Waals surface area contributed by atoms with Crippen LogP contribution in [0.2, 0.25) is 0 Å². The van der Waals surface area contributed by atoms with E-state index in [2.05, 4.69) is 17.1 Å². The number of hydrogen-bond acceptors (Lipinski definition) is 2. The van der Waals surface area contributed by atoms with Gasteiger partial charge in [0, 0.05) is 25.6 Å². The van der Waals surface area contributed by atoms with Crippen LogP contribution in [0.15, 0.2) is 29.3 Å². The van der Waals surface area contributed by atoms with Crippen LogP contribution in [-0.4, -0.2) is 29.6 Å². The maximum atomic E-state index is 11.8. The minimum Gasteiger partial charge on any atom is -0.330 e. The quantitative estimate of drug-likeness (QED) is 0.645. The van der Waals surface area contributed by atoms with Gasteiger partial charge in [-0.2, -0.15) is 0 Å². The molecule has 0 aliphatic carbocycles. The van der Waals surface area contributed by atoms with E-state index in [4.69, 9.17) is 0 Å². The second-order valence-corrected chi connectivity index (χ2v) is 4.34. The summed E-state index contributed by atoms with van der Waals surface area (Å²) in [7, 11) is 1.82. The predicted molar refractivity (Wildman–Crippen MR) is 62.5 cm³/mol. The molecule has 0 aromatic heterocycles. The average molecular weight is 214 g/mol. The van der Waals surface area contributed by atoms with Crippen LogP contribution in [-0.2, 0) is 11.3 Å². The number of carbonyl (C=O) groups excluding carboxylic acids is 1. The zero-order valence-corrected chi connectivity index (χ0v) is 9.31. The van der Waals surface area contributed by atoms with Gasteiger partial charge in [-0.15, -0.1) is 0 Å². The Balaban J connectivity index is 2.13. The molecule has 3 heteroatoms. The molecule has 82 valence electrons. The van der Waals surface area contributed by atoms with Crippen molar-refractivity contribution in [1.82, 2.24) is 4.90 Å². The third-order valence-corrected chi connectivity index (χ3v) is 3.52. The summed E-state index contributed by atoms with van der Waals surface area (Å²) in [6.45, 7) is 0.749. The van der Waals surface area contributed by atoms with Crippen molar-refractivity contribution in [2.45, 2.75) is 25.4 Å². The molecule has 0 radical (unpaired) electrons. The van der Waals surface area contributed by atoms with E-state index in [0.717, 1.165) is 18.7 Å². The summed E-state index contributed by atoms with van der Waals surface area (Å²) in [5.74, 6) is 0.264. The Morgan fingerprint density at radius 3 is 3.00 bits per heavy atom. The van der Waals surface area contributed by atoms with Crippen LogP contribution in [0.3, 0.4) is 0 Å². The molecule has 3 nitrogen and oxygen atoms in total. The number of carbonyl (C=O) groups is 1. The molecule has 1 atom stereocenters. The second kappa shape index (κ2) is 3.44. The molecule has 2 aliphatic rings. The Morgan fingerprint density at radius 1 is 1.38 bits per heavy atom. The van der Waals surface area contributed by atoms with E-state index in [1.54, 1.807) is 0 Å². The van der Waals surface area contributed by atoms with E-state index in [1.807, 2.05) is 24.1 Å². The number of aliphatic imine (C=N–C) groups is 1. The number of amides is 1. The highest BCUT2D eigenvalue weighted by atomic mass is 16.2. The summed E-state index contributed by atoms with van der Waals surface area (Å²) >= 11 is 0. The molecule has 0 N–H and O–H groups in total. The molecule has 16 heavy (non-hydrogen) atoms. The molecule has 2 aliphatic heterocycles. The van der Waals surface area contributed by atoms with Crippen molar-refractivity contribution in [1.29, 1.82) is 0 Å². The number of rotatable bonds is 0. The van der Waals surface area contributed by atoms with Gasteiger partial charge in [-0.3, -0.25) is 9.79 Å². The SMILES string of the molecule is CN=C1c2ccccc2CN2C(=O)CCC12. The summed E-state index contributed by atoms with van der Waals surface area (Å²) in [5, 5.41) is 0. The number of benzene rings is 1. The smallest absolute Gasteiger partial charge is 0.223 e. The average Bonchev–Trinajstić information content (AvgIpc) is 2.68. The Bertz CT molecular complexity index is 479. The van der Waals surface area contributed by atoms with Crippen molar-refractivity contribution < 1.29 is 4.79 Å². The molecule has 1 unspecified atom stereocenters. The second-order valence-electron chi connectivity index (χ2n) is 4.34. The maximum Gasteiger partial charge on any atom is 0.223 e. The highest BCUT2D eigenvalue weighted by Gasteiger charge is 2.38. The number of hydrogen-bond donors (Lipinski definition) is 0. The first kappa shape index (κ1) is 9.58. The van der Waals surface area contributed by atoms with Gasteiger partial charge in [-0.1, -0.05) is 24.3 Å². The maximum absolute atomic E-state index is 11.8. The van der Waals surface area contributed by atoms with Crippen molar-refractivity contribution >= 4 is 11.6 Å². The van der Waals surface area contributed by atoms with Crippen LogP contribution in [0.1, 0.15) is 24.0 Å². The van der Waals surface area contributed by atoms with Gasteiger partial charge in [0.25, 0.3) is 0 Å². The fraction of sp³-hybridized carbons (Fsp3) is 0.385. The minimum absolute atomic E-state index is 0.215. The van der Waals surface area contributed by atoms with Gasteiger partial charge in [-0.25, -0.2) is 0 Å². The first-order valence-corrected chi connectivity index (χ1v) is 5.65. The van der Waals surface area contributed by atoms with E-state index in [9.17, 15) is 4.79 Å². The minimum atomic E-state index is 0.215. The largest absolute Gasteiger partial charge is 0.330 e. The molecule has 1 aromatic rings. The summed E-state index contributed by atoms with van der Waals surface area (Å²) in [6.07, 6.45) is 1.58. The van der Waals surface area contributed by atoms with Crippen molar-refractivity contribution in [2.75, 3.05) is 7.05 Å². The Labute approximate surface area is 94.8 Å². The van der Waals surface area contributed by atoms with E-state index in [-0.39, 0.29) is 11.9 Å². The lowest BCUT2D eigenvalue weighted by molar-refractivity contribution is -0.128. The molecule has 1 aromatic carbocycles. The monoisotopic (exact) mass is 214 g/mol. The fourth-order valence-electron chi connectivity index (χ4n) is 2.76. The van der Waals surface area contributed by atoms with Gasteiger partial charge in [0.05, 0.1) is 11.8 Å². The first-order valence-electron chi connectivity index (χ1n) is 5.65. The lowest BCUT2D eigenvalue weighted by Gasteiger charge is -2.32. The number of fused-ring (bicyclic) bond motifs is 2. The predicted octanol–water partition coefficient (Wildman–Crippen LogP) is 1.61. The highest BCUT2D eigenvalue weighted by Crippen LogP contribution is 2.31. The summed E-state index contributed by atoms with van der Waals surface area (Å²) in [5.41, 5.74) is 3.52. The third kappa shape index (κ3) is 1.21. The van der Waals surface area contributed by atoms with Crippen molar-refractivity contribution in [3.63, 3.8) is 0 Å². The van der Waals surface area contributed by atoms with E-state index in [1.165, 1.54) is 11.1 Å². The summed E-state index contributed by atoms with van der Waals surface area (Å²) < 4.78 is 0. The first-order chi connectivity index (χ1) is 7.81. The van der Waals surface area contributed by atoms with Gasteiger partial charge in [-0.05, 0) is 12.0 Å². The van der Waals surface area contributed by atoms with Gasteiger partial charge in [0.2, 0.25) is 5.91 Å². The van der Waals surface area contributed by atoms with Crippen molar-refractivity contribution in [3.8, 4) is 0 Å². The van der Waals surface area contributed by atoms with Gasteiger partial charge in [0.1, 0.15) is 0 Å². The lowest BCUT2D eigenvalue weighted by atomic mass is 9.92. The molecule has 0 spiro atoms. The third-order valence-electron chi connectivity index (χ3n) is 3.52. The molecule has 0 bridgehead atoms. The standard InChI is InChI=1S/C13H14N2O/c1-14-13-10-5-3-2-4-9(10)8-15-11(13)6-7-12(15)16/h2-5,11H,6-8H2,1H3. The molecule has 0 saturated carbocycles. The molecule has 3 rings (SSSR count).